The molecule has 2 N–H and O–H groups in total. The van der Waals surface area contributed by atoms with Crippen molar-refractivity contribution in [2.75, 3.05) is 0 Å². The summed E-state index contributed by atoms with van der Waals surface area (Å²) in [6.45, 7) is 0. The number of para-hydroxylation sites is 2. The maximum absolute atomic E-state index is 3.52. The van der Waals surface area contributed by atoms with Gasteiger partial charge in [0.05, 0.1) is 0 Å². The van der Waals surface area contributed by atoms with E-state index in [2.05, 4.69) is 94.9 Å². The number of fused-ring (bicyclic) bond motifs is 2. The van der Waals surface area contributed by atoms with Gasteiger partial charge in [-0.05, 0) is 46.8 Å². The zero-order chi connectivity index (χ0) is 16.6. The highest BCUT2D eigenvalue weighted by molar-refractivity contribution is 5.86. The minimum atomic E-state index is 0.906. The first-order valence-electron chi connectivity index (χ1n) is 8.59. The maximum atomic E-state index is 3.52. The molecule has 2 nitrogen and oxygen atoms in total. The lowest BCUT2D eigenvalue weighted by molar-refractivity contribution is 1.12. The van der Waals surface area contributed by atoms with E-state index in [1.54, 1.807) is 0 Å². The van der Waals surface area contributed by atoms with E-state index in [1.165, 1.54) is 44.3 Å². The van der Waals surface area contributed by atoms with Gasteiger partial charge in [0.15, 0.2) is 0 Å². The zero-order valence-corrected chi connectivity index (χ0v) is 13.8. The molecule has 0 atom stereocenters. The Morgan fingerprint density at radius 3 is 2.08 bits per heavy atom. The van der Waals surface area contributed by atoms with Gasteiger partial charge in [0.1, 0.15) is 0 Å². The van der Waals surface area contributed by atoms with E-state index in [-0.39, 0.29) is 0 Å². The highest BCUT2D eigenvalue weighted by Crippen LogP contribution is 2.26. The summed E-state index contributed by atoms with van der Waals surface area (Å²) in [6, 6.07) is 30.1. The third kappa shape index (κ3) is 2.62. The summed E-state index contributed by atoms with van der Waals surface area (Å²) in [5.41, 5.74) is 7.32. The Morgan fingerprint density at radius 2 is 1.32 bits per heavy atom. The smallest absolute Gasteiger partial charge is 0.0464 e. The number of hydrogen-bond donors (Lipinski definition) is 2. The molecule has 2 aromatic heterocycles. The quantitative estimate of drug-likeness (QED) is 0.414. The Balaban J connectivity index is 1.49. The second-order valence-electron chi connectivity index (χ2n) is 6.53. The van der Waals surface area contributed by atoms with Crippen molar-refractivity contribution in [3.05, 3.63) is 96.2 Å². The van der Waals surface area contributed by atoms with E-state index < -0.39 is 0 Å². The summed E-state index contributed by atoms with van der Waals surface area (Å²) in [6.07, 6.45) is 0.906. The van der Waals surface area contributed by atoms with Gasteiger partial charge in [0, 0.05) is 34.2 Å². The van der Waals surface area contributed by atoms with Gasteiger partial charge >= 0.3 is 0 Å². The molecule has 25 heavy (non-hydrogen) atoms. The number of aromatic amines is 2. The summed E-state index contributed by atoms with van der Waals surface area (Å²) in [5.74, 6) is 0. The monoisotopic (exact) mass is 322 g/mol. The molecule has 0 amide bonds. The summed E-state index contributed by atoms with van der Waals surface area (Å²) in [5, 5.41) is 2.52. The molecule has 0 fully saturated rings. The van der Waals surface area contributed by atoms with Crippen LogP contribution in [0, 0.1) is 0 Å². The minimum absolute atomic E-state index is 0.906. The van der Waals surface area contributed by atoms with E-state index in [1.807, 2.05) is 0 Å². The van der Waals surface area contributed by atoms with Crippen molar-refractivity contribution in [1.82, 2.24) is 9.97 Å². The molecular formula is C23H18N2. The fourth-order valence-corrected chi connectivity index (χ4v) is 3.53. The first kappa shape index (κ1) is 14.1. The van der Waals surface area contributed by atoms with Crippen LogP contribution in [0.3, 0.4) is 0 Å². The number of hydrogen-bond acceptors (Lipinski definition) is 0. The van der Waals surface area contributed by atoms with Crippen LogP contribution in [0.4, 0.5) is 0 Å². The molecule has 0 bridgehead atoms. The molecule has 3 aromatic carbocycles. The van der Waals surface area contributed by atoms with Crippen molar-refractivity contribution < 1.29 is 0 Å². The van der Waals surface area contributed by atoms with Crippen LogP contribution in [0.15, 0.2) is 84.9 Å². The number of nitrogens with one attached hydrogen (secondary N) is 2. The Bertz CT molecular complexity index is 1110. The van der Waals surface area contributed by atoms with E-state index in [0.29, 0.717) is 0 Å². The third-order valence-corrected chi connectivity index (χ3v) is 4.75. The van der Waals surface area contributed by atoms with Gasteiger partial charge in [-0.15, -0.1) is 0 Å². The number of H-pyrrole nitrogens is 2. The van der Waals surface area contributed by atoms with Crippen LogP contribution in [0.25, 0.3) is 33.1 Å². The first-order valence-corrected chi connectivity index (χ1v) is 8.59. The van der Waals surface area contributed by atoms with Crippen LogP contribution in [0.1, 0.15) is 11.3 Å². The van der Waals surface area contributed by atoms with Crippen molar-refractivity contribution in [1.29, 1.82) is 0 Å². The van der Waals surface area contributed by atoms with Crippen LogP contribution < -0.4 is 0 Å². The van der Waals surface area contributed by atoms with Gasteiger partial charge in [-0.25, -0.2) is 0 Å². The lowest BCUT2D eigenvalue weighted by Gasteiger charge is -2.03. The Labute approximate surface area is 146 Å². The van der Waals surface area contributed by atoms with Gasteiger partial charge in [-0.3, -0.25) is 0 Å². The molecule has 0 aliphatic carbocycles. The van der Waals surface area contributed by atoms with E-state index in [0.717, 1.165) is 6.42 Å². The molecule has 5 rings (SSSR count). The largest absolute Gasteiger partial charge is 0.358 e. The molecule has 2 heteroatoms. The molecule has 0 saturated heterocycles. The molecule has 0 saturated carbocycles. The van der Waals surface area contributed by atoms with Gasteiger partial charge in [0.25, 0.3) is 0 Å². The maximum Gasteiger partial charge on any atom is 0.0464 e. The van der Waals surface area contributed by atoms with Crippen LogP contribution in [0.2, 0.25) is 0 Å². The van der Waals surface area contributed by atoms with Crippen molar-refractivity contribution in [2.24, 2.45) is 0 Å². The second-order valence-corrected chi connectivity index (χ2v) is 6.53. The van der Waals surface area contributed by atoms with Crippen LogP contribution in [-0.4, -0.2) is 9.97 Å². The van der Waals surface area contributed by atoms with Gasteiger partial charge in [0.2, 0.25) is 0 Å². The topological polar surface area (TPSA) is 31.6 Å². The standard InChI is InChI=1S/C23H18N2/c1-3-10-21-18(7-1)14-20(24-21)13-16-6-5-9-17(12-16)23-15-19-8-2-4-11-22(19)25-23/h1-12,14-15,24-25H,13H2. The molecule has 120 valence electrons. The summed E-state index contributed by atoms with van der Waals surface area (Å²) in [7, 11) is 0. The normalized spacial score (nSPS) is 11.4. The Morgan fingerprint density at radius 1 is 0.600 bits per heavy atom. The number of rotatable bonds is 3. The van der Waals surface area contributed by atoms with Gasteiger partial charge in [-0.2, -0.15) is 0 Å². The van der Waals surface area contributed by atoms with E-state index in [9.17, 15) is 0 Å². The van der Waals surface area contributed by atoms with Crippen molar-refractivity contribution >= 4 is 21.8 Å². The second kappa shape index (κ2) is 5.67. The van der Waals surface area contributed by atoms with E-state index >= 15 is 0 Å². The molecule has 0 radical (unpaired) electrons. The van der Waals surface area contributed by atoms with E-state index in [4.69, 9.17) is 0 Å². The average Bonchev–Trinajstić information content (AvgIpc) is 3.25. The fraction of sp³-hybridized carbons (Fsp3) is 0.0435. The number of benzene rings is 3. The predicted molar refractivity (Wildman–Crippen MR) is 105 cm³/mol. The number of aromatic nitrogens is 2. The Kier molecular flexibility index (Phi) is 3.20. The highest BCUT2D eigenvalue weighted by Gasteiger charge is 2.06. The van der Waals surface area contributed by atoms with Gasteiger partial charge in [-0.1, -0.05) is 54.6 Å². The van der Waals surface area contributed by atoms with Crippen molar-refractivity contribution in [3.63, 3.8) is 0 Å². The third-order valence-electron chi connectivity index (χ3n) is 4.75. The molecule has 5 aromatic rings. The first-order chi connectivity index (χ1) is 12.3. The Hall–Kier alpha value is -3.26. The highest BCUT2D eigenvalue weighted by atomic mass is 14.7. The molecular weight excluding hydrogens is 304 g/mol. The van der Waals surface area contributed by atoms with Crippen LogP contribution in [-0.2, 0) is 6.42 Å². The SMILES string of the molecule is c1cc(Cc2cc3ccccc3[nH]2)cc(-c2cc3ccccc3[nH]2)c1. The minimum Gasteiger partial charge on any atom is -0.358 e. The average molecular weight is 322 g/mol. The lowest BCUT2D eigenvalue weighted by Crippen LogP contribution is -1.89. The van der Waals surface area contributed by atoms with Crippen molar-refractivity contribution in [2.45, 2.75) is 6.42 Å². The lowest BCUT2D eigenvalue weighted by atomic mass is 10.0. The summed E-state index contributed by atoms with van der Waals surface area (Å²) >= 11 is 0. The summed E-state index contributed by atoms with van der Waals surface area (Å²) in [4.78, 5) is 7.03. The van der Waals surface area contributed by atoms with Crippen LogP contribution in [0.5, 0.6) is 0 Å². The fourth-order valence-electron chi connectivity index (χ4n) is 3.53. The molecule has 0 aliphatic rings. The molecule has 0 spiro atoms. The summed E-state index contributed by atoms with van der Waals surface area (Å²) < 4.78 is 0. The molecule has 0 unspecified atom stereocenters. The predicted octanol–water partition coefficient (Wildman–Crippen LogP) is 5.91. The molecule has 0 aliphatic heterocycles. The molecule has 2 heterocycles. The van der Waals surface area contributed by atoms with Gasteiger partial charge < -0.3 is 9.97 Å². The van der Waals surface area contributed by atoms with Crippen LogP contribution >= 0.6 is 0 Å². The zero-order valence-electron chi connectivity index (χ0n) is 13.8. The van der Waals surface area contributed by atoms with Crippen molar-refractivity contribution in [3.8, 4) is 11.3 Å².